The van der Waals surface area contributed by atoms with Gasteiger partial charge in [0.1, 0.15) is 5.82 Å². The zero-order valence-electron chi connectivity index (χ0n) is 10.9. The van der Waals surface area contributed by atoms with E-state index in [9.17, 15) is 13.2 Å². The first kappa shape index (κ1) is 16.4. The van der Waals surface area contributed by atoms with E-state index in [1.54, 1.807) is 0 Å². The molecule has 1 fully saturated rings. The maximum atomic E-state index is 12.3. The number of alkyl halides is 3. The molecule has 5 nitrogen and oxygen atoms in total. The van der Waals surface area contributed by atoms with Gasteiger partial charge in [0.25, 0.3) is 0 Å². The van der Waals surface area contributed by atoms with E-state index >= 15 is 0 Å². The van der Waals surface area contributed by atoms with Crippen molar-refractivity contribution in [1.82, 2.24) is 9.88 Å². The molecule has 1 aromatic heterocycles. The van der Waals surface area contributed by atoms with E-state index in [0.29, 0.717) is 23.9 Å². The summed E-state index contributed by atoms with van der Waals surface area (Å²) in [4.78, 5) is 7.36. The second-order valence-corrected chi connectivity index (χ2v) is 5.46. The fraction of sp³-hybridized carbons (Fsp3) is 0.545. The Bertz CT molecular complexity index is 503. The molecule has 0 saturated carbocycles. The highest BCUT2D eigenvalue weighted by molar-refractivity contribution is 6.37. The summed E-state index contributed by atoms with van der Waals surface area (Å²) in [6, 6.07) is 1.50. The van der Waals surface area contributed by atoms with Crippen molar-refractivity contribution < 1.29 is 13.2 Å². The summed E-state index contributed by atoms with van der Waals surface area (Å²) in [6.07, 6.45) is -4.19. The van der Waals surface area contributed by atoms with E-state index < -0.39 is 12.7 Å². The molecule has 0 radical (unpaired) electrons. The average Bonchev–Trinajstić information content (AvgIpc) is 2.38. The largest absolute Gasteiger partial charge is 0.401 e. The molecule has 1 aliphatic rings. The molecule has 2 rings (SSSR count). The van der Waals surface area contributed by atoms with E-state index in [1.807, 2.05) is 4.90 Å². The van der Waals surface area contributed by atoms with Crippen LogP contribution in [0.3, 0.4) is 0 Å². The van der Waals surface area contributed by atoms with Crippen molar-refractivity contribution in [2.24, 2.45) is 5.84 Å². The van der Waals surface area contributed by atoms with Gasteiger partial charge in [0, 0.05) is 26.2 Å². The van der Waals surface area contributed by atoms with Crippen molar-refractivity contribution in [2.75, 3.05) is 43.0 Å². The molecule has 10 heteroatoms. The van der Waals surface area contributed by atoms with Gasteiger partial charge in [-0.05, 0) is 6.07 Å². The van der Waals surface area contributed by atoms with Crippen LogP contribution in [0, 0.1) is 0 Å². The van der Waals surface area contributed by atoms with Gasteiger partial charge < -0.3 is 10.3 Å². The number of anilines is 2. The molecule has 0 amide bonds. The van der Waals surface area contributed by atoms with Crippen LogP contribution in [0.25, 0.3) is 0 Å². The third kappa shape index (κ3) is 4.26. The Kier molecular flexibility index (Phi) is 5.03. The van der Waals surface area contributed by atoms with Gasteiger partial charge in [0.15, 0.2) is 5.82 Å². The number of nitrogens with zero attached hydrogens (tertiary/aromatic N) is 3. The molecule has 3 N–H and O–H groups in total. The Hall–Kier alpha value is -0.960. The molecule has 0 bridgehead atoms. The first-order chi connectivity index (χ1) is 9.80. The molecule has 0 spiro atoms. The molecule has 0 aliphatic carbocycles. The summed E-state index contributed by atoms with van der Waals surface area (Å²) in [5, 5.41) is 0.616. The van der Waals surface area contributed by atoms with E-state index in [0.717, 1.165) is 0 Å². The van der Waals surface area contributed by atoms with Crippen LogP contribution in [0.1, 0.15) is 0 Å². The van der Waals surface area contributed by atoms with Gasteiger partial charge in [-0.3, -0.25) is 4.90 Å². The lowest BCUT2D eigenvalue weighted by molar-refractivity contribution is -0.146. The van der Waals surface area contributed by atoms with E-state index in [-0.39, 0.29) is 23.9 Å². The lowest BCUT2D eigenvalue weighted by atomic mass is 10.3. The highest BCUT2D eigenvalue weighted by Gasteiger charge is 2.32. The van der Waals surface area contributed by atoms with Crippen LogP contribution in [-0.2, 0) is 0 Å². The number of hydrazine groups is 1. The number of pyridine rings is 1. The third-order valence-corrected chi connectivity index (χ3v) is 3.69. The highest BCUT2D eigenvalue weighted by Crippen LogP contribution is 2.31. The number of rotatable bonds is 3. The lowest BCUT2D eigenvalue weighted by Gasteiger charge is -2.36. The van der Waals surface area contributed by atoms with E-state index in [2.05, 4.69) is 10.4 Å². The molecular formula is C11H14Cl2F3N5. The Labute approximate surface area is 129 Å². The average molecular weight is 344 g/mol. The number of aromatic nitrogens is 1. The van der Waals surface area contributed by atoms with Gasteiger partial charge in [0.05, 0.1) is 16.6 Å². The normalized spacial score (nSPS) is 17.1. The van der Waals surface area contributed by atoms with Crippen molar-refractivity contribution in [3.8, 4) is 0 Å². The van der Waals surface area contributed by atoms with Crippen LogP contribution in [0.5, 0.6) is 0 Å². The van der Waals surface area contributed by atoms with Crippen molar-refractivity contribution in [2.45, 2.75) is 6.18 Å². The summed E-state index contributed by atoms with van der Waals surface area (Å²) in [6.45, 7) is 0.457. The number of nitrogens with two attached hydrogens (primary N) is 1. The van der Waals surface area contributed by atoms with Crippen LogP contribution < -0.4 is 16.2 Å². The number of nitrogens with one attached hydrogen (secondary N) is 1. The molecule has 1 aromatic rings. The molecule has 1 aliphatic heterocycles. The van der Waals surface area contributed by atoms with Crippen LogP contribution in [0.2, 0.25) is 10.0 Å². The lowest BCUT2D eigenvalue weighted by Crippen LogP contribution is -2.49. The maximum absolute atomic E-state index is 12.3. The molecule has 0 aromatic carbocycles. The molecule has 21 heavy (non-hydrogen) atoms. The number of piperazine rings is 1. The molecule has 118 valence electrons. The zero-order chi connectivity index (χ0) is 15.6. The Morgan fingerprint density at radius 3 is 2.33 bits per heavy atom. The minimum Gasteiger partial charge on any atom is -0.353 e. The quantitative estimate of drug-likeness (QED) is 0.651. The van der Waals surface area contributed by atoms with Gasteiger partial charge in [-0.15, -0.1) is 0 Å². The summed E-state index contributed by atoms with van der Waals surface area (Å²) in [5.74, 6) is 6.03. The van der Waals surface area contributed by atoms with E-state index in [1.165, 1.54) is 11.0 Å². The summed E-state index contributed by atoms with van der Waals surface area (Å²) >= 11 is 12.0. The molecule has 0 atom stereocenters. The smallest absolute Gasteiger partial charge is 0.353 e. The standard InChI is InChI=1S/C11H14Cl2F3N5/c12-7-5-8(13)10(18-9(7)19-17)21-3-1-20(2-4-21)6-11(14,15)16/h5H,1-4,6,17H2,(H,18,19). The predicted molar refractivity (Wildman–Crippen MR) is 76.8 cm³/mol. The van der Waals surface area contributed by atoms with Gasteiger partial charge >= 0.3 is 6.18 Å². The summed E-state index contributed by atoms with van der Waals surface area (Å²) < 4.78 is 37.0. The SMILES string of the molecule is NNc1nc(N2CCN(CC(F)(F)F)CC2)c(Cl)cc1Cl. The molecule has 1 saturated heterocycles. The van der Waals surface area contributed by atoms with Crippen LogP contribution in [0.15, 0.2) is 6.07 Å². The van der Waals surface area contributed by atoms with Crippen molar-refractivity contribution in [1.29, 1.82) is 0 Å². The molecule has 2 heterocycles. The molecule has 0 unspecified atom stereocenters. The topological polar surface area (TPSA) is 57.4 Å². The van der Waals surface area contributed by atoms with Crippen LogP contribution in [0.4, 0.5) is 24.8 Å². The monoisotopic (exact) mass is 343 g/mol. The first-order valence-corrected chi connectivity index (χ1v) is 6.92. The second-order valence-electron chi connectivity index (χ2n) is 4.65. The Balaban J connectivity index is 2.05. The predicted octanol–water partition coefficient (Wildman–Crippen LogP) is 2.36. The summed E-state index contributed by atoms with van der Waals surface area (Å²) in [7, 11) is 0. The minimum atomic E-state index is -4.19. The van der Waals surface area contributed by atoms with Crippen LogP contribution in [-0.4, -0.2) is 48.8 Å². The van der Waals surface area contributed by atoms with Gasteiger partial charge in [-0.2, -0.15) is 13.2 Å². The van der Waals surface area contributed by atoms with Crippen molar-refractivity contribution >= 4 is 34.8 Å². The third-order valence-electron chi connectivity index (χ3n) is 3.12. The van der Waals surface area contributed by atoms with Crippen LogP contribution >= 0.6 is 23.2 Å². The Morgan fingerprint density at radius 2 is 1.81 bits per heavy atom. The highest BCUT2D eigenvalue weighted by atomic mass is 35.5. The van der Waals surface area contributed by atoms with Gasteiger partial charge in [-0.1, -0.05) is 23.2 Å². The van der Waals surface area contributed by atoms with Gasteiger partial charge in [-0.25, -0.2) is 10.8 Å². The fourth-order valence-electron chi connectivity index (χ4n) is 2.15. The van der Waals surface area contributed by atoms with Crippen molar-refractivity contribution in [3.63, 3.8) is 0 Å². The van der Waals surface area contributed by atoms with Crippen molar-refractivity contribution in [3.05, 3.63) is 16.1 Å². The second kappa shape index (κ2) is 6.43. The zero-order valence-corrected chi connectivity index (χ0v) is 12.4. The number of halogens is 5. The maximum Gasteiger partial charge on any atom is 0.401 e. The summed E-state index contributed by atoms with van der Waals surface area (Å²) in [5.41, 5.74) is 2.35. The fourth-order valence-corrected chi connectivity index (χ4v) is 2.68. The van der Waals surface area contributed by atoms with Gasteiger partial charge in [0.2, 0.25) is 0 Å². The minimum absolute atomic E-state index is 0.272. The number of nitrogen functional groups attached to an aromatic ring is 1. The Morgan fingerprint density at radius 1 is 1.19 bits per heavy atom. The first-order valence-electron chi connectivity index (χ1n) is 6.17. The number of hydrogen-bond donors (Lipinski definition) is 2. The number of hydrogen-bond acceptors (Lipinski definition) is 5. The van der Waals surface area contributed by atoms with E-state index in [4.69, 9.17) is 29.0 Å². The molecular weight excluding hydrogens is 330 g/mol.